The van der Waals surface area contributed by atoms with Gasteiger partial charge in [0.2, 0.25) is 0 Å². The van der Waals surface area contributed by atoms with Gasteiger partial charge in [-0.25, -0.2) is 4.79 Å². The molecule has 4 aliphatic rings. The molecular weight excluding hydrogens is 499 g/mol. The van der Waals surface area contributed by atoms with Crippen molar-refractivity contribution in [1.29, 1.82) is 0 Å². The van der Waals surface area contributed by atoms with Crippen molar-refractivity contribution in [2.75, 3.05) is 13.7 Å². The number of benzene rings is 1. The minimum absolute atomic E-state index is 0. The quantitative estimate of drug-likeness (QED) is 0.334. The molecule has 3 saturated carbocycles. The molecule has 1 heterocycles. The molecular formula is C30H42BO8. The minimum Gasteiger partial charge on any atom is -0.493 e. The lowest BCUT2D eigenvalue weighted by Crippen LogP contribution is -2.63. The van der Waals surface area contributed by atoms with Gasteiger partial charge in [-0.15, -0.1) is 6.58 Å². The van der Waals surface area contributed by atoms with E-state index in [1.807, 2.05) is 13.0 Å². The Hall–Kier alpha value is -2.36. The van der Waals surface area contributed by atoms with Crippen LogP contribution in [0.5, 0.6) is 11.5 Å². The molecule has 9 heteroatoms. The first-order valence-corrected chi connectivity index (χ1v) is 13.8. The molecule has 3 aliphatic carbocycles. The van der Waals surface area contributed by atoms with Crippen LogP contribution in [0.1, 0.15) is 65.4 Å². The van der Waals surface area contributed by atoms with Crippen LogP contribution in [0.4, 0.5) is 0 Å². The highest BCUT2D eigenvalue weighted by molar-refractivity contribution is 6.49. The average Bonchev–Trinajstić information content (AvgIpc) is 3.51. The molecule has 8 nitrogen and oxygen atoms in total. The first-order chi connectivity index (χ1) is 18.0. The van der Waals surface area contributed by atoms with Crippen LogP contribution in [0.25, 0.3) is 0 Å². The molecule has 0 spiro atoms. The molecule has 2 bridgehead atoms. The van der Waals surface area contributed by atoms with Crippen molar-refractivity contribution >= 4 is 24.7 Å². The van der Waals surface area contributed by atoms with E-state index < -0.39 is 29.0 Å². The number of aliphatic hydroxyl groups excluding tert-OH is 1. The van der Waals surface area contributed by atoms with Crippen LogP contribution in [-0.4, -0.2) is 55.7 Å². The summed E-state index contributed by atoms with van der Waals surface area (Å²) in [6.45, 7) is 12.6. The molecule has 0 saturated heterocycles. The third kappa shape index (κ3) is 4.50. The van der Waals surface area contributed by atoms with Gasteiger partial charge < -0.3 is 29.4 Å². The largest absolute Gasteiger partial charge is 0.493 e. The van der Waals surface area contributed by atoms with Crippen molar-refractivity contribution in [3.05, 3.63) is 30.4 Å². The molecule has 5 rings (SSSR count). The summed E-state index contributed by atoms with van der Waals surface area (Å²) in [5, 5.41) is 11.7. The number of hydrogen-bond donors (Lipinski definition) is 1. The summed E-state index contributed by atoms with van der Waals surface area (Å²) in [6.07, 6.45) is 4.03. The molecule has 0 amide bonds. The highest BCUT2D eigenvalue weighted by Crippen LogP contribution is 2.68. The molecule has 1 radical (unpaired) electrons. The second-order valence-corrected chi connectivity index (χ2v) is 12.5. The van der Waals surface area contributed by atoms with E-state index in [0.717, 1.165) is 30.3 Å². The predicted octanol–water partition coefficient (Wildman–Crippen LogP) is 2.93. The van der Waals surface area contributed by atoms with E-state index in [0.29, 0.717) is 30.9 Å². The Balaban J connectivity index is 0.00000353. The van der Waals surface area contributed by atoms with Gasteiger partial charge in [0.15, 0.2) is 18.1 Å². The Morgan fingerprint density at radius 1 is 1.26 bits per heavy atom. The highest BCUT2D eigenvalue weighted by Gasteiger charge is 2.68. The minimum atomic E-state index is -0.696. The topological polar surface area (TPSA) is 123 Å². The number of hydrogen-bond acceptors (Lipinski definition) is 7. The van der Waals surface area contributed by atoms with Crippen LogP contribution in [0.3, 0.4) is 0 Å². The maximum Gasteiger partial charge on any atom is 0.344 e. The summed E-state index contributed by atoms with van der Waals surface area (Å²) in [5.41, 5.74) is 0.342. The SMILES string of the molecule is C=C[C@]1(C)C[C@@H](OC(=O)COc2cc3c(cc2OC)CO[B]3)[C@]2(C)[C@H](C)CC[C@]3(CCC(=O)[C@H]32)[C@@H](C)[C@@H]1O.O. The van der Waals surface area contributed by atoms with Crippen LogP contribution < -0.4 is 14.9 Å². The maximum absolute atomic E-state index is 13.5. The predicted molar refractivity (Wildman–Crippen MR) is 147 cm³/mol. The number of aliphatic hydroxyl groups is 1. The average molecular weight is 541 g/mol. The fourth-order valence-corrected chi connectivity index (χ4v) is 8.18. The number of esters is 1. The number of carbonyl (C=O) groups excluding carboxylic acids is 2. The van der Waals surface area contributed by atoms with Crippen molar-refractivity contribution < 1.29 is 39.0 Å². The third-order valence-electron chi connectivity index (χ3n) is 10.8. The number of ether oxygens (including phenoxy) is 3. The molecule has 0 aromatic heterocycles. The van der Waals surface area contributed by atoms with Gasteiger partial charge in [-0.1, -0.05) is 33.8 Å². The second-order valence-electron chi connectivity index (χ2n) is 12.5. The summed E-state index contributed by atoms with van der Waals surface area (Å²) in [4.78, 5) is 26.9. The van der Waals surface area contributed by atoms with Gasteiger partial charge in [0, 0.05) is 23.2 Å². The molecule has 39 heavy (non-hydrogen) atoms. The smallest absolute Gasteiger partial charge is 0.344 e. The van der Waals surface area contributed by atoms with Crippen LogP contribution in [0, 0.1) is 34.0 Å². The van der Waals surface area contributed by atoms with E-state index in [1.165, 1.54) is 0 Å². The molecule has 213 valence electrons. The third-order valence-corrected chi connectivity index (χ3v) is 10.8. The van der Waals surface area contributed by atoms with E-state index in [2.05, 4.69) is 27.4 Å². The van der Waals surface area contributed by atoms with Crippen LogP contribution in [-0.2, 0) is 25.6 Å². The lowest BCUT2D eigenvalue weighted by molar-refractivity contribution is -0.207. The summed E-state index contributed by atoms with van der Waals surface area (Å²) in [6, 6.07) is 3.65. The first kappa shape index (κ1) is 29.6. The number of methoxy groups -OCH3 is 1. The van der Waals surface area contributed by atoms with Gasteiger partial charge in [-0.3, -0.25) is 4.79 Å². The Bertz CT molecular complexity index is 1140. The number of Topliss-reactive ketones (excluding diaryl/α,β-unsaturated/α-hetero) is 1. The standard InChI is InChI=1S/C30H40BO7.H2O/c1-7-28(4)14-24(38-25(33)16-36-23-13-20-19(15-37-31-20)12-22(23)35-6)29(5)17(2)8-10-30(18(3)27(28)34)11-9-21(32)26(29)30;/h7,12-13,17-18,24,26-27,34H,1,8-11,14-16H2,2-6H3;1H2/t17-,18+,24-,26+,27+,28-,29+,30+;/m1./s1. The molecule has 0 unspecified atom stereocenters. The number of ketones is 1. The number of fused-ring (bicyclic) bond motifs is 1. The zero-order valence-electron chi connectivity index (χ0n) is 23.7. The molecule has 1 aliphatic heterocycles. The van der Waals surface area contributed by atoms with Gasteiger partial charge in [0.1, 0.15) is 11.9 Å². The van der Waals surface area contributed by atoms with E-state index in [4.69, 9.17) is 18.9 Å². The van der Waals surface area contributed by atoms with Crippen molar-refractivity contribution in [1.82, 2.24) is 0 Å². The van der Waals surface area contributed by atoms with Crippen LogP contribution in [0.2, 0.25) is 0 Å². The second kappa shape index (κ2) is 10.6. The summed E-state index contributed by atoms with van der Waals surface area (Å²) >= 11 is 0. The Morgan fingerprint density at radius 3 is 2.69 bits per heavy atom. The van der Waals surface area contributed by atoms with Crippen molar-refractivity contribution in [2.24, 2.45) is 34.0 Å². The summed E-state index contributed by atoms with van der Waals surface area (Å²) in [7, 11) is 3.21. The zero-order chi connectivity index (χ0) is 27.5. The summed E-state index contributed by atoms with van der Waals surface area (Å²) in [5.74, 6) is 0.522. The van der Waals surface area contributed by atoms with E-state index in [9.17, 15) is 14.7 Å². The van der Waals surface area contributed by atoms with Crippen LogP contribution >= 0.6 is 0 Å². The van der Waals surface area contributed by atoms with Gasteiger partial charge in [0.25, 0.3) is 0 Å². The number of rotatable bonds is 6. The first-order valence-electron chi connectivity index (χ1n) is 13.8. The van der Waals surface area contributed by atoms with Crippen LogP contribution in [0.15, 0.2) is 24.8 Å². The Labute approximate surface area is 232 Å². The maximum atomic E-state index is 13.5. The fraction of sp³-hybridized carbons (Fsp3) is 0.667. The molecule has 1 aromatic rings. The highest BCUT2D eigenvalue weighted by atomic mass is 16.6. The molecule has 3 N–H and O–H groups in total. The van der Waals surface area contributed by atoms with Gasteiger partial charge in [0.05, 0.1) is 19.8 Å². The lowest BCUT2D eigenvalue weighted by atomic mass is 9.44. The van der Waals surface area contributed by atoms with E-state index in [-0.39, 0.29) is 41.0 Å². The van der Waals surface area contributed by atoms with Crippen molar-refractivity contribution in [2.45, 2.75) is 78.6 Å². The monoisotopic (exact) mass is 541 g/mol. The van der Waals surface area contributed by atoms with Crippen molar-refractivity contribution in [3.8, 4) is 11.5 Å². The normalized spacial score (nSPS) is 38.7. The Kier molecular flexibility index (Phi) is 8.02. The van der Waals surface area contributed by atoms with E-state index >= 15 is 0 Å². The lowest BCUT2D eigenvalue weighted by Gasteiger charge is -2.61. The number of carbonyl (C=O) groups is 2. The zero-order valence-corrected chi connectivity index (χ0v) is 23.7. The molecule has 1 aromatic carbocycles. The fourth-order valence-electron chi connectivity index (χ4n) is 8.18. The van der Waals surface area contributed by atoms with Gasteiger partial charge >= 0.3 is 13.5 Å². The Morgan fingerprint density at radius 2 is 2.00 bits per heavy atom. The van der Waals surface area contributed by atoms with E-state index in [1.54, 1.807) is 26.7 Å². The van der Waals surface area contributed by atoms with Gasteiger partial charge in [-0.05, 0) is 66.1 Å². The van der Waals surface area contributed by atoms with Crippen molar-refractivity contribution in [3.63, 3.8) is 0 Å². The molecule has 3 fully saturated rings. The summed E-state index contributed by atoms with van der Waals surface area (Å²) < 4.78 is 23.0. The molecule has 8 atom stereocenters. The van der Waals surface area contributed by atoms with Gasteiger partial charge in [-0.2, -0.15) is 0 Å².